The van der Waals surface area contributed by atoms with Gasteiger partial charge in [-0.05, 0) is 67.6 Å². The molecular formula is C26H28F3N3O3. The van der Waals surface area contributed by atoms with Crippen molar-refractivity contribution in [3.63, 3.8) is 0 Å². The summed E-state index contributed by atoms with van der Waals surface area (Å²) in [6, 6.07) is 12.3. The fraction of sp³-hybridized carbons (Fsp3) is 0.346. The molecule has 0 bridgehead atoms. The molecule has 6 nitrogen and oxygen atoms in total. The Morgan fingerprint density at radius 2 is 1.66 bits per heavy atom. The summed E-state index contributed by atoms with van der Waals surface area (Å²) in [6.07, 6.45) is 0.371. The molecule has 0 unspecified atom stereocenters. The van der Waals surface area contributed by atoms with Crippen LogP contribution >= 0.6 is 0 Å². The first-order valence-electron chi connectivity index (χ1n) is 11.2. The standard InChI is InChI=1S/C26H28F3N3O3/c1-4-18-15-30-24(31-16-18)32(17-20-6-5-7-21(14-20)26(27,28)29)13-12-19-8-10-22(11-9-19)35-25(2,3)23(33)34/h5-11,14-16H,4,12-13,17H2,1-3H3,(H,33,34). The second-order valence-corrected chi connectivity index (χ2v) is 8.68. The maximum absolute atomic E-state index is 13.2. The first-order valence-corrected chi connectivity index (χ1v) is 11.2. The van der Waals surface area contributed by atoms with Crippen LogP contribution in [0.4, 0.5) is 19.1 Å². The quantitative estimate of drug-likeness (QED) is 0.404. The third-order valence-electron chi connectivity index (χ3n) is 5.49. The molecule has 3 rings (SSSR count). The summed E-state index contributed by atoms with van der Waals surface area (Å²) in [6.45, 7) is 5.60. The van der Waals surface area contributed by atoms with Gasteiger partial charge in [0.15, 0.2) is 5.60 Å². The predicted molar refractivity (Wildman–Crippen MR) is 126 cm³/mol. The summed E-state index contributed by atoms with van der Waals surface area (Å²) in [4.78, 5) is 21.9. The molecule has 3 aromatic rings. The van der Waals surface area contributed by atoms with Gasteiger partial charge in [0.2, 0.25) is 5.95 Å². The van der Waals surface area contributed by atoms with Crippen LogP contribution in [-0.4, -0.2) is 33.2 Å². The van der Waals surface area contributed by atoms with Gasteiger partial charge in [-0.15, -0.1) is 0 Å². The van der Waals surface area contributed by atoms with E-state index in [1.165, 1.54) is 19.9 Å². The van der Waals surface area contributed by atoms with Crippen molar-refractivity contribution in [1.82, 2.24) is 9.97 Å². The number of carboxylic acid groups (broad SMARTS) is 1. The molecule has 0 saturated carbocycles. The molecule has 1 heterocycles. The second-order valence-electron chi connectivity index (χ2n) is 8.68. The molecule has 0 saturated heterocycles. The van der Waals surface area contributed by atoms with Crippen molar-refractivity contribution in [3.8, 4) is 5.75 Å². The van der Waals surface area contributed by atoms with Gasteiger partial charge in [0.05, 0.1) is 5.56 Å². The smallest absolute Gasteiger partial charge is 0.416 e. The lowest BCUT2D eigenvalue weighted by molar-refractivity contribution is -0.152. The Balaban J connectivity index is 1.77. The van der Waals surface area contributed by atoms with Crippen LogP contribution in [0.5, 0.6) is 5.75 Å². The van der Waals surface area contributed by atoms with Gasteiger partial charge >= 0.3 is 12.1 Å². The van der Waals surface area contributed by atoms with Crippen LogP contribution in [-0.2, 0) is 30.4 Å². The molecule has 0 fully saturated rings. The molecule has 1 N–H and O–H groups in total. The molecule has 9 heteroatoms. The fourth-order valence-corrected chi connectivity index (χ4v) is 3.34. The number of hydrogen-bond acceptors (Lipinski definition) is 5. The Labute approximate surface area is 202 Å². The van der Waals surface area contributed by atoms with Gasteiger partial charge in [-0.2, -0.15) is 13.2 Å². The van der Waals surface area contributed by atoms with Gasteiger partial charge in [0.1, 0.15) is 5.75 Å². The molecule has 0 atom stereocenters. The lowest BCUT2D eigenvalue weighted by Gasteiger charge is -2.24. The first-order chi connectivity index (χ1) is 16.5. The minimum atomic E-state index is -4.42. The molecular weight excluding hydrogens is 459 g/mol. The van der Waals surface area contributed by atoms with Gasteiger partial charge in [-0.1, -0.05) is 31.2 Å². The van der Waals surface area contributed by atoms with Crippen molar-refractivity contribution in [1.29, 1.82) is 0 Å². The maximum atomic E-state index is 13.2. The molecule has 186 valence electrons. The summed E-state index contributed by atoms with van der Waals surface area (Å²) in [5.74, 6) is -0.205. The number of carbonyl (C=O) groups is 1. The highest BCUT2D eigenvalue weighted by molar-refractivity contribution is 5.76. The van der Waals surface area contributed by atoms with Crippen molar-refractivity contribution < 1.29 is 27.8 Å². The van der Waals surface area contributed by atoms with Crippen LogP contribution < -0.4 is 9.64 Å². The third kappa shape index (κ3) is 7.18. The molecule has 0 aliphatic rings. The van der Waals surface area contributed by atoms with Gasteiger partial charge < -0.3 is 14.7 Å². The highest BCUT2D eigenvalue weighted by Gasteiger charge is 2.31. The largest absolute Gasteiger partial charge is 0.478 e. The summed E-state index contributed by atoms with van der Waals surface area (Å²) in [5, 5.41) is 9.22. The van der Waals surface area contributed by atoms with Crippen LogP contribution in [0.3, 0.4) is 0 Å². The van der Waals surface area contributed by atoms with Crippen molar-refractivity contribution in [2.45, 2.75) is 51.9 Å². The molecule has 1 aromatic heterocycles. The number of hydrogen-bond donors (Lipinski definition) is 1. The average molecular weight is 488 g/mol. The number of ether oxygens (including phenoxy) is 1. The molecule has 0 aliphatic carbocycles. The van der Waals surface area contributed by atoms with Crippen LogP contribution in [0.25, 0.3) is 0 Å². The second kappa shape index (κ2) is 10.8. The van der Waals surface area contributed by atoms with E-state index in [-0.39, 0.29) is 6.54 Å². The lowest BCUT2D eigenvalue weighted by atomic mass is 10.1. The van der Waals surface area contributed by atoms with Crippen LogP contribution in [0.1, 0.15) is 43.0 Å². The molecule has 0 radical (unpaired) electrons. The Morgan fingerprint density at radius 3 is 2.23 bits per heavy atom. The summed E-state index contributed by atoms with van der Waals surface area (Å²) in [7, 11) is 0. The number of aryl methyl sites for hydroxylation is 1. The van der Waals surface area contributed by atoms with Gasteiger partial charge in [-0.3, -0.25) is 0 Å². The van der Waals surface area contributed by atoms with Crippen molar-refractivity contribution >= 4 is 11.9 Å². The van der Waals surface area contributed by atoms with Crippen molar-refractivity contribution in [2.24, 2.45) is 0 Å². The number of carboxylic acids is 1. The van der Waals surface area contributed by atoms with E-state index in [0.29, 0.717) is 30.2 Å². The number of alkyl halides is 3. The van der Waals surface area contributed by atoms with E-state index < -0.39 is 23.3 Å². The van der Waals surface area contributed by atoms with E-state index >= 15 is 0 Å². The minimum Gasteiger partial charge on any atom is -0.478 e. The Hall–Kier alpha value is -3.62. The number of halogens is 3. The number of nitrogens with zero attached hydrogens (tertiary/aromatic N) is 3. The average Bonchev–Trinajstić information content (AvgIpc) is 2.82. The van der Waals surface area contributed by atoms with E-state index in [9.17, 15) is 23.1 Å². The zero-order valence-corrected chi connectivity index (χ0v) is 19.8. The molecule has 0 amide bonds. The molecule has 35 heavy (non-hydrogen) atoms. The Kier molecular flexibility index (Phi) is 7.99. The number of benzene rings is 2. The van der Waals surface area contributed by atoms with Gasteiger partial charge in [0.25, 0.3) is 0 Å². The normalized spacial score (nSPS) is 11.8. The highest BCUT2D eigenvalue weighted by atomic mass is 19.4. The minimum absolute atomic E-state index is 0.212. The summed E-state index contributed by atoms with van der Waals surface area (Å²) >= 11 is 0. The van der Waals surface area contributed by atoms with Crippen LogP contribution in [0.15, 0.2) is 60.9 Å². The predicted octanol–water partition coefficient (Wildman–Crippen LogP) is 5.55. The highest BCUT2D eigenvalue weighted by Crippen LogP contribution is 2.30. The number of rotatable bonds is 10. The van der Waals surface area contributed by atoms with Crippen molar-refractivity contribution in [3.05, 3.63) is 83.2 Å². The summed E-state index contributed by atoms with van der Waals surface area (Å²) in [5.41, 5.74) is 0.364. The lowest BCUT2D eigenvalue weighted by Crippen LogP contribution is -2.37. The monoisotopic (exact) mass is 487 g/mol. The van der Waals surface area contributed by atoms with E-state index in [0.717, 1.165) is 29.7 Å². The SMILES string of the molecule is CCc1cnc(N(CCc2ccc(OC(C)(C)C(=O)O)cc2)Cc2cccc(C(F)(F)F)c2)nc1. The van der Waals surface area contributed by atoms with E-state index in [4.69, 9.17) is 4.74 Å². The van der Waals surface area contributed by atoms with Gasteiger partial charge in [0, 0.05) is 25.5 Å². The fourth-order valence-electron chi connectivity index (χ4n) is 3.34. The topological polar surface area (TPSA) is 75.6 Å². The van der Waals surface area contributed by atoms with Crippen LogP contribution in [0, 0.1) is 0 Å². The molecule has 0 aliphatic heterocycles. The van der Waals surface area contributed by atoms with Crippen LogP contribution in [0.2, 0.25) is 0 Å². The Morgan fingerprint density at radius 1 is 1.00 bits per heavy atom. The third-order valence-corrected chi connectivity index (χ3v) is 5.49. The summed E-state index contributed by atoms with van der Waals surface area (Å²) < 4.78 is 45.1. The van der Waals surface area contributed by atoms with Gasteiger partial charge in [-0.25, -0.2) is 14.8 Å². The zero-order valence-electron chi connectivity index (χ0n) is 19.8. The first kappa shape index (κ1) is 26.0. The Bertz CT molecular complexity index is 1130. The van der Waals surface area contributed by atoms with Crippen molar-refractivity contribution in [2.75, 3.05) is 11.4 Å². The number of aromatic nitrogens is 2. The molecule has 2 aromatic carbocycles. The van der Waals surface area contributed by atoms with E-state index in [1.54, 1.807) is 30.6 Å². The van der Waals surface area contributed by atoms with E-state index in [1.807, 2.05) is 24.0 Å². The van der Waals surface area contributed by atoms with E-state index in [2.05, 4.69) is 9.97 Å². The zero-order chi connectivity index (χ0) is 25.6. The maximum Gasteiger partial charge on any atom is 0.416 e. The number of aliphatic carboxylic acids is 1. The number of anilines is 1. The molecule has 0 spiro atoms.